The minimum absolute atomic E-state index is 0.0533. The number of hydrogen-bond donors (Lipinski definition) is 3. The molecule has 2 bridgehead atoms. The number of piperidine rings is 2. The van der Waals surface area contributed by atoms with Crippen molar-refractivity contribution in [3.8, 4) is 0 Å². The number of carbonyl (C=O) groups is 2. The van der Waals surface area contributed by atoms with Crippen LogP contribution in [-0.2, 0) is 4.79 Å². The molecule has 2 unspecified atom stereocenters. The molecule has 7 nitrogen and oxygen atoms in total. The van der Waals surface area contributed by atoms with Crippen molar-refractivity contribution >= 4 is 23.2 Å². The van der Waals surface area contributed by atoms with Gasteiger partial charge < -0.3 is 24.9 Å². The van der Waals surface area contributed by atoms with Gasteiger partial charge in [-0.25, -0.2) is 0 Å². The van der Waals surface area contributed by atoms with Gasteiger partial charge in [-0.2, -0.15) is 0 Å². The lowest BCUT2D eigenvalue weighted by Gasteiger charge is -2.45. The van der Waals surface area contributed by atoms with Crippen LogP contribution in [-0.4, -0.2) is 50.6 Å². The van der Waals surface area contributed by atoms with Gasteiger partial charge in [0, 0.05) is 44.4 Å². The van der Waals surface area contributed by atoms with Crippen molar-refractivity contribution in [2.24, 2.45) is 0 Å². The van der Waals surface area contributed by atoms with E-state index in [-0.39, 0.29) is 17.9 Å². The Hall–Kier alpha value is -2.80. The lowest BCUT2D eigenvalue weighted by molar-refractivity contribution is -0.953. The Morgan fingerprint density at radius 2 is 1.80 bits per heavy atom. The van der Waals surface area contributed by atoms with E-state index in [9.17, 15) is 9.59 Å². The van der Waals surface area contributed by atoms with E-state index in [2.05, 4.69) is 10.6 Å². The fourth-order valence-corrected chi connectivity index (χ4v) is 4.94. The summed E-state index contributed by atoms with van der Waals surface area (Å²) in [5.74, 6) is 0.262. The van der Waals surface area contributed by atoms with Gasteiger partial charge >= 0.3 is 0 Å². The van der Waals surface area contributed by atoms with Gasteiger partial charge in [0.25, 0.3) is 11.8 Å². The monoisotopic (exact) mass is 411 g/mol. The average molecular weight is 412 g/mol. The molecule has 0 aliphatic carbocycles. The summed E-state index contributed by atoms with van der Waals surface area (Å²) in [7, 11) is 3.99. The van der Waals surface area contributed by atoms with Crippen molar-refractivity contribution in [1.82, 2.24) is 5.32 Å². The number of furan rings is 1. The van der Waals surface area contributed by atoms with Crippen LogP contribution in [0.15, 0.2) is 47.1 Å². The molecular formula is C23H31N4O3+. The number of anilines is 2. The van der Waals surface area contributed by atoms with Crippen LogP contribution in [0.3, 0.4) is 0 Å². The molecular weight excluding hydrogens is 380 g/mol. The van der Waals surface area contributed by atoms with Crippen LogP contribution >= 0.6 is 0 Å². The summed E-state index contributed by atoms with van der Waals surface area (Å²) in [6.45, 7) is 0.476. The highest BCUT2D eigenvalue weighted by Crippen LogP contribution is 2.23. The van der Waals surface area contributed by atoms with Gasteiger partial charge in [-0.05, 0) is 55.7 Å². The predicted octanol–water partition coefficient (Wildman–Crippen LogP) is 1.68. The van der Waals surface area contributed by atoms with Crippen LogP contribution in [0.4, 0.5) is 11.4 Å². The minimum atomic E-state index is -0.148. The van der Waals surface area contributed by atoms with Crippen molar-refractivity contribution in [3.63, 3.8) is 0 Å². The molecule has 2 aliphatic rings. The van der Waals surface area contributed by atoms with Crippen molar-refractivity contribution in [1.29, 1.82) is 0 Å². The minimum Gasteiger partial charge on any atom is -0.459 e. The zero-order valence-corrected chi connectivity index (χ0v) is 17.7. The highest BCUT2D eigenvalue weighted by atomic mass is 16.3. The number of rotatable bonds is 6. The van der Waals surface area contributed by atoms with E-state index >= 15 is 0 Å². The van der Waals surface area contributed by atoms with Crippen LogP contribution in [0.2, 0.25) is 0 Å². The van der Waals surface area contributed by atoms with Crippen molar-refractivity contribution < 1.29 is 18.9 Å². The molecule has 30 heavy (non-hydrogen) atoms. The molecule has 3 N–H and O–H groups in total. The third kappa shape index (κ3) is 4.67. The molecule has 2 amide bonds. The van der Waals surface area contributed by atoms with E-state index in [0.717, 1.165) is 37.1 Å². The van der Waals surface area contributed by atoms with Crippen molar-refractivity contribution in [2.75, 3.05) is 30.9 Å². The lowest BCUT2D eigenvalue weighted by atomic mass is 9.81. The van der Waals surface area contributed by atoms with Crippen LogP contribution in [0.1, 0.15) is 42.7 Å². The second-order valence-corrected chi connectivity index (χ2v) is 8.69. The van der Waals surface area contributed by atoms with Crippen molar-refractivity contribution in [2.45, 2.75) is 50.2 Å². The van der Waals surface area contributed by atoms with Crippen molar-refractivity contribution in [3.05, 3.63) is 48.4 Å². The smallest absolute Gasteiger partial charge is 0.287 e. The first kappa shape index (κ1) is 20.5. The molecule has 4 atom stereocenters. The first-order chi connectivity index (χ1) is 14.5. The molecule has 0 spiro atoms. The zero-order valence-electron chi connectivity index (χ0n) is 17.7. The van der Waals surface area contributed by atoms with Gasteiger partial charge in [0.2, 0.25) is 0 Å². The largest absolute Gasteiger partial charge is 0.459 e. The van der Waals surface area contributed by atoms with Gasteiger partial charge in [-0.1, -0.05) is 0 Å². The average Bonchev–Trinajstić information content (AvgIpc) is 3.24. The molecule has 2 aromatic rings. The summed E-state index contributed by atoms with van der Waals surface area (Å²) in [5, 5.41) is 6.17. The first-order valence-electron chi connectivity index (χ1n) is 10.8. The number of hydrogen-bond acceptors (Lipinski definition) is 4. The quantitative estimate of drug-likeness (QED) is 0.676. The molecule has 0 radical (unpaired) electrons. The Labute approximate surface area is 177 Å². The number of nitrogens with zero attached hydrogens (tertiary/aromatic N) is 1. The van der Waals surface area contributed by atoms with Gasteiger partial charge in [-0.15, -0.1) is 0 Å². The van der Waals surface area contributed by atoms with Crippen LogP contribution in [0, 0.1) is 0 Å². The number of amides is 2. The summed E-state index contributed by atoms with van der Waals surface area (Å²) < 4.78 is 5.21. The Morgan fingerprint density at radius 1 is 1.10 bits per heavy atom. The maximum atomic E-state index is 12.7. The molecule has 4 rings (SSSR count). The van der Waals surface area contributed by atoms with E-state index in [1.165, 1.54) is 17.6 Å². The third-order valence-electron chi connectivity index (χ3n) is 6.40. The number of quaternary nitrogens is 1. The molecule has 1 aromatic carbocycles. The lowest BCUT2D eigenvalue weighted by Crippen LogP contribution is -3.22. The van der Waals surface area contributed by atoms with Gasteiger partial charge in [0.1, 0.15) is 0 Å². The summed E-state index contributed by atoms with van der Waals surface area (Å²) in [6.07, 6.45) is 6.73. The fraction of sp³-hybridized carbons (Fsp3) is 0.478. The summed E-state index contributed by atoms with van der Waals surface area (Å²) in [5.41, 5.74) is 1.93. The summed E-state index contributed by atoms with van der Waals surface area (Å²) in [6, 6.07) is 12.3. The molecule has 7 heteroatoms. The van der Waals surface area contributed by atoms with Gasteiger partial charge in [-0.3, -0.25) is 9.59 Å². The number of benzene rings is 1. The fourth-order valence-electron chi connectivity index (χ4n) is 4.94. The molecule has 1 aromatic heterocycles. The maximum absolute atomic E-state index is 12.7. The highest BCUT2D eigenvalue weighted by Gasteiger charge is 2.43. The second kappa shape index (κ2) is 8.92. The topological polar surface area (TPSA) is 79.0 Å². The SMILES string of the molecule is CN(C)c1ccc(NC(=O)C[NH+]2[C@@H]3CCC[C@H]2CC(NC(=O)c2ccco2)C3)cc1. The van der Waals surface area contributed by atoms with Gasteiger partial charge in [0.05, 0.1) is 18.3 Å². The number of carbonyl (C=O) groups excluding carboxylic acids is 2. The van der Waals surface area contributed by atoms with E-state index in [0.29, 0.717) is 24.4 Å². The number of fused-ring (bicyclic) bond motifs is 2. The molecule has 160 valence electrons. The van der Waals surface area contributed by atoms with Crippen LogP contribution < -0.4 is 20.4 Å². The normalized spacial score (nSPS) is 25.4. The number of nitrogens with one attached hydrogen (secondary N) is 3. The molecule has 2 saturated heterocycles. The van der Waals surface area contributed by atoms with Gasteiger partial charge in [0.15, 0.2) is 12.3 Å². The van der Waals surface area contributed by atoms with Crippen LogP contribution in [0.25, 0.3) is 0 Å². The Balaban J connectivity index is 1.33. The van der Waals surface area contributed by atoms with E-state index < -0.39 is 0 Å². The molecule has 2 aliphatic heterocycles. The van der Waals surface area contributed by atoms with E-state index in [1.54, 1.807) is 12.1 Å². The Morgan fingerprint density at radius 3 is 2.40 bits per heavy atom. The zero-order chi connectivity index (χ0) is 21.1. The summed E-state index contributed by atoms with van der Waals surface area (Å²) >= 11 is 0. The maximum Gasteiger partial charge on any atom is 0.287 e. The standard InChI is InChI=1S/C23H30N4O3/c1-26(2)18-10-8-16(9-11-18)24-22(28)15-27-19-5-3-6-20(27)14-17(13-19)25-23(29)21-7-4-12-30-21/h4,7-12,17,19-20H,3,5-6,13-15H2,1-2H3,(H,24,28)(H,25,29)/p+1/t17?,19-,20+. The van der Waals surface area contributed by atoms with E-state index in [1.807, 2.05) is 43.3 Å². The van der Waals surface area contributed by atoms with E-state index in [4.69, 9.17) is 4.42 Å². The summed E-state index contributed by atoms with van der Waals surface area (Å²) in [4.78, 5) is 28.5. The second-order valence-electron chi connectivity index (χ2n) is 8.69. The predicted molar refractivity (Wildman–Crippen MR) is 116 cm³/mol. The Kier molecular flexibility index (Phi) is 6.08. The molecule has 2 fully saturated rings. The third-order valence-corrected chi connectivity index (χ3v) is 6.40. The van der Waals surface area contributed by atoms with Crippen LogP contribution in [0.5, 0.6) is 0 Å². The molecule has 3 heterocycles. The first-order valence-corrected chi connectivity index (χ1v) is 10.8. The molecule has 0 saturated carbocycles. The Bertz CT molecular complexity index is 849. The highest BCUT2D eigenvalue weighted by molar-refractivity contribution is 5.92.